The van der Waals surface area contributed by atoms with Crippen LogP contribution in [0.3, 0.4) is 0 Å². The summed E-state index contributed by atoms with van der Waals surface area (Å²) in [5, 5.41) is 3.40. The summed E-state index contributed by atoms with van der Waals surface area (Å²) < 4.78 is 5.39. The normalized spacial score (nSPS) is 20.6. The molecule has 0 saturated carbocycles. The first-order valence-corrected chi connectivity index (χ1v) is 6.57. The van der Waals surface area contributed by atoms with E-state index in [0.717, 1.165) is 25.7 Å². The highest BCUT2D eigenvalue weighted by Crippen LogP contribution is 2.16. The van der Waals surface area contributed by atoms with Gasteiger partial charge in [-0.3, -0.25) is 0 Å². The van der Waals surface area contributed by atoms with Crippen LogP contribution in [0.1, 0.15) is 26.7 Å². The van der Waals surface area contributed by atoms with Crippen molar-refractivity contribution < 1.29 is 4.74 Å². The minimum Gasteiger partial charge on any atom is -0.381 e. The monoisotopic (exact) mass is 228 g/mol. The molecule has 3 heteroatoms. The standard InChI is InChI=1S/C13H28N2O/c1-11(2)13(14-3)10-15(4)9-12-5-7-16-8-6-12/h11-14H,5-10H2,1-4H3. The van der Waals surface area contributed by atoms with E-state index in [1.807, 2.05) is 0 Å². The van der Waals surface area contributed by atoms with Crippen LogP contribution in [0.5, 0.6) is 0 Å². The molecule has 1 atom stereocenters. The second-order valence-corrected chi connectivity index (χ2v) is 5.42. The van der Waals surface area contributed by atoms with Crippen molar-refractivity contribution in [3.05, 3.63) is 0 Å². The van der Waals surface area contributed by atoms with Crippen LogP contribution in [0, 0.1) is 11.8 Å². The predicted octanol–water partition coefficient (Wildman–Crippen LogP) is 1.59. The first-order valence-electron chi connectivity index (χ1n) is 6.57. The summed E-state index contributed by atoms with van der Waals surface area (Å²) in [6.07, 6.45) is 2.46. The van der Waals surface area contributed by atoms with E-state index in [4.69, 9.17) is 4.74 Å². The molecule has 1 heterocycles. The fourth-order valence-corrected chi connectivity index (χ4v) is 2.42. The van der Waals surface area contributed by atoms with E-state index < -0.39 is 0 Å². The Labute approximate surface area is 101 Å². The summed E-state index contributed by atoms with van der Waals surface area (Å²) in [6, 6.07) is 0.602. The number of rotatable bonds is 6. The molecule has 1 unspecified atom stereocenters. The van der Waals surface area contributed by atoms with Crippen molar-refractivity contribution in [2.75, 3.05) is 40.4 Å². The van der Waals surface area contributed by atoms with E-state index in [1.165, 1.54) is 19.4 Å². The van der Waals surface area contributed by atoms with Gasteiger partial charge in [-0.2, -0.15) is 0 Å². The predicted molar refractivity (Wildman–Crippen MR) is 68.7 cm³/mol. The van der Waals surface area contributed by atoms with Gasteiger partial charge in [0.1, 0.15) is 0 Å². The molecule has 1 rings (SSSR count). The molecular weight excluding hydrogens is 200 g/mol. The number of ether oxygens (including phenoxy) is 1. The topological polar surface area (TPSA) is 24.5 Å². The third-order valence-electron chi connectivity index (χ3n) is 3.59. The summed E-state index contributed by atoms with van der Waals surface area (Å²) in [6.45, 7) is 8.84. The summed E-state index contributed by atoms with van der Waals surface area (Å²) >= 11 is 0. The van der Waals surface area contributed by atoms with E-state index >= 15 is 0 Å². The fraction of sp³-hybridized carbons (Fsp3) is 1.00. The molecule has 1 saturated heterocycles. The zero-order chi connectivity index (χ0) is 12.0. The summed E-state index contributed by atoms with van der Waals surface area (Å²) in [4.78, 5) is 2.47. The van der Waals surface area contributed by atoms with E-state index in [2.05, 4.69) is 38.2 Å². The van der Waals surface area contributed by atoms with Crippen LogP contribution in [0.15, 0.2) is 0 Å². The Hall–Kier alpha value is -0.120. The van der Waals surface area contributed by atoms with Crippen molar-refractivity contribution in [1.29, 1.82) is 0 Å². The molecule has 1 N–H and O–H groups in total. The molecule has 16 heavy (non-hydrogen) atoms. The molecule has 1 aliphatic heterocycles. The van der Waals surface area contributed by atoms with Gasteiger partial charge in [0.2, 0.25) is 0 Å². The molecule has 3 nitrogen and oxygen atoms in total. The first-order chi connectivity index (χ1) is 7.63. The third kappa shape index (κ3) is 4.81. The molecule has 0 bridgehead atoms. The third-order valence-corrected chi connectivity index (χ3v) is 3.59. The van der Waals surface area contributed by atoms with Gasteiger partial charge in [-0.1, -0.05) is 13.8 Å². The van der Waals surface area contributed by atoms with Crippen molar-refractivity contribution in [2.45, 2.75) is 32.7 Å². The highest BCUT2D eigenvalue weighted by Gasteiger charge is 2.18. The van der Waals surface area contributed by atoms with Gasteiger partial charge in [-0.05, 0) is 38.8 Å². The molecule has 0 aliphatic carbocycles. The lowest BCUT2D eigenvalue weighted by Crippen LogP contribution is -2.43. The Kier molecular flexibility index (Phi) is 6.32. The average Bonchev–Trinajstić information content (AvgIpc) is 2.27. The van der Waals surface area contributed by atoms with E-state index in [9.17, 15) is 0 Å². The summed E-state index contributed by atoms with van der Waals surface area (Å²) in [5.74, 6) is 1.53. The van der Waals surface area contributed by atoms with Crippen LogP contribution < -0.4 is 5.32 Å². The molecule has 0 aromatic rings. The Bertz CT molecular complexity index is 179. The number of hydrogen-bond acceptors (Lipinski definition) is 3. The van der Waals surface area contributed by atoms with Gasteiger partial charge in [-0.15, -0.1) is 0 Å². The molecule has 0 aromatic carbocycles. The zero-order valence-corrected chi connectivity index (χ0v) is 11.3. The quantitative estimate of drug-likeness (QED) is 0.747. The van der Waals surface area contributed by atoms with Gasteiger partial charge < -0.3 is 15.0 Å². The van der Waals surface area contributed by atoms with Crippen molar-refractivity contribution in [3.63, 3.8) is 0 Å². The van der Waals surface area contributed by atoms with Crippen LogP contribution >= 0.6 is 0 Å². The molecule has 0 amide bonds. The van der Waals surface area contributed by atoms with Gasteiger partial charge in [0.15, 0.2) is 0 Å². The largest absolute Gasteiger partial charge is 0.381 e. The molecule has 96 valence electrons. The van der Waals surface area contributed by atoms with E-state index in [0.29, 0.717) is 12.0 Å². The second-order valence-electron chi connectivity index (χ2n) is 5.42. The number of nitrogens with zero attached hydrogens (tertiary/aromatic N) is 1. The van der Waals surface area contributed by atoms with E-state index in [-0.39, 0.29) is 0 Å². The molecule has 0 spiro atoms. The van der Waals surface area contributed by atoms with Crippen LogP contribution in [-0.4, -0.2) is 51.3 Å². The van der Waals surface area contributed by atoms with Crippen molar-refractivity contribution >= 4 is 0 Å². The average molecular weight is 228 g/mol. The highest BCUT2D eigenvalue weighted by atomic mass is 16.5. The fourth-order valence-electron chi connectivity index (χ4n) is 2.42. The molecule has 0 aromatic heterocycles. The summed E-state index contributed by atoms with van der Waals surface area (Å²) in [7, 11) is 4.30. The maximum Gasteiger partial charge on any atom is 0.0469 e. The lowest BCUT2D eigenvalue weighted by Gasteiger charge is -2.31. The van der Waals surface area contributed by atoms with Crippen molar-refractivity contribution in [1.82, 2.24) is 10.2 Å². The van der Waals surface area contributed by atoms with Crippen LogP contribution in [0.25, 0.3) is 0 Å². The maximum atomic E-state index is 5.39. The Balaban J connectivity index is 2.25. The summed E-state index contributed by atoms with van der Waals surface area (Å²) in [5.41, 5.74) is 0. The Morgan fingerprint density at radius 3 is 2.44 bits per heavy atom. The minimum absolute atomic E-state index is 0.602. The van der Waals surface area contributed by atoms with Crippen LogP contribution in [-0.2, 0) is 4.74 Å². The Morgan fingerprint density at radius 1 is 1.31 bits per heavy atom. The van der Waals surface area contributed by atoms with Gasteiger partial charge in [-0.25, -0.2) is 0 Å². The number of likely N-dealkylation sites (N-methyl/N-ethyl adjacent to an activating group) is 2. The second kappa shape index (κ2) is 7.25. The van der Waals surface area contributed by atoms with Crippen LogP contribution in [0.4, 0.5) is 0 Å². The lowest BCUT2D eigenvalue weighted by atomic mass is 9.98. The van der Waals surface area contributed by atoms with Gasteiger partial charge in [0, 0.05) is 32.3 Å². The van der Waals surface area contributed by atoms with Gasteiger partial charge in [0.25, 0.3) is 0 Å². The van der Waals surface area contributed by atoms with Crippen LogP contribution in [0.2, 0.25) is 0 Å². The Morgan fingerprint density at radius 2 is 1.94 bits per heavy atom. The molecule has 0 radical (unpaired) electrons. The lowest BCUT2D eigenvalue weighted by molar-refractivity contribution is 0.0542. The van der Waals surface area contributed by atoms with Gasteiger partial charge in [0.05, 0.1) is 0 Å². The molecular formula is C13H28N2O. The zero-order valence-electron chi connectivity index (χ0n) is 11.3. The molecule has 1 aliphatic rings. The SMILES string of the molecule is CNC(CN(C)CC1CCOCC1)C(C)C. The number of nitrogens with one attached hydrogen (secondary N) is 1. The molecule has 1 fully saturated rings. The van der Waals surface area contributed by atoms with Crippen molar-refractivity contribution in [2.24, 2.45) is 11.8 Å². The highest BCUT2D eigenvalue weighted by molar-refractivity contribution is 4.74. The smallest absolute Gasteiger partial charge is 0.0469 e. The maximum absolute atomic E-state index is 5.39. The van der Waals surface area contributed by atoms with Crippen molar-refractivity contribution in [3.8, 4) is 0 Å². The van der Waals surface area contributed by atoms with E-state index in [1.54, 1.807) is 0 Å². The number of hydrogen-bond donors (Lipinski definition) is 1. The first kappa shape index (κ1) is 13.9. The minimum atomic E-state index is 0.602. The van der Waals surface area contributed by atoms with Gasteiger partial charge >= 0.3 is 0 Å².